The van der Waals surface area contributed by atoms with E-state index in [4.69, 9.17) is 4.98 Å². The Bertz CT molecular complexity index is 1160. The molecule has 0 aliphatic heterocycles. The summed E-state index contributed by atoms with van der Waals surface area (Å²) in [7, 11) is 0. The highest BCUT2D eigenvalue weighted by atomic mass is 32.2. The molecule has 0 radical (unpaired) electrons. The molecule has 3 nitrogen and oxygen atoms in total. The van der Waals surface area contributed by atoms with Gasteiger partial charge in [-0.2, -0.15) is 0 Å². The van der Waals surface area contributed by atoms with Crippen LogP contribution in [0, 0.1) is 0 Å². The van der Waals surface area contributed by atoms with Gasteiger partial charge in [0.2, 0.25) is 0 Å². The summed E-state index contributed by atoms with van der Waals surface area (Å²) in [6, 6.07) is 28.4. The average Bonchev–Trinajstić information content (AvgIpc) is 2.82. The van der Waals surface area contributed by atoms with Crippen LogP contribution in [0.3, 0.4) is 0 Å². The molecule has 0 atom stereocenters. The van der Waals surface area contributed by atoms with Crippen LogP contribution in [0.15, 0.2) is 89.8 Å². The van der Waals surface area contributed by atoms with Crippen molar-refractivity contribution < 1.29 is 4.79 Å². The second-order valence-electron chi connectivity index (χ2n) is 7.33. The second kappa shape index (κ2) is 10.3. The number of nitrogens with zero attached hydrogens (tertiary/aromatic N) is 1. The Morgan fingerprint density at radius 3 is 2.32 bits per heavy atom. The largest absolute Gasteiger partial charge is 0.352 e. The number of aryl methyl sites for hydroxylation is 1. The Balaban J connectivity index is 1.66. The standard InChI is InChI=1S/C27H26N2OS/c1-2-31-26-24(27(30)28-19-11-14-20-12-5-3-6-13-20)22-17-9-10-18-23(22)29-25(26)21-15-7-4-8-16-21/h3-10,12-13,15-18H,2,11,14,19H2,1H3,(H,28,30). The molecule has 4 heteroatoms. The maximum absolute atomic E-state index is 13.4. The number of rotatable bonds is 8. The van der Waals surface area contributed by atoms with Gasteiger partial charge < -0.3 is 5.32 Å². The van der Waals surface area contributed by atoms with Crippen molar-refractivity contribution in [1.29, 1.82) is 0 Å². The van der Waals surface area contributed by atoms with E-state index in [1.807, 2.05) is 48.5 Å². The van der Waals surface area contributed by atoms with Crippen molar-refractivity contribution in [2.75, 3.05) is 12.3 Å². The number of hydrogen-bond acceptors (Lipinski definition) is 3. The van der Waals surface area contributed by atoms with Crippen molar-refractivity contribution in [1.82, 2.24) is 10.3 Å². The van der Waals surface area contributed by atoms with E-state index in [1.165, 1.54) is 5.56 Å². The monoisotopic (exact) mass is 426 g/mol. The normalized spacial score (nSPS) is 10.9. The topological polar surface area (TPSA) is 42.0 Å². The molecule has 0 fully saturated rings. The van der Waals surface area contributed by atoms with Gasteiger partial charge in [0.15, 0.2) is 0 Å². The van der Waals surface area contributed by atoms with Gasteiger partial charge in [0, 0.05) is 22.4 Å². The van der Waals surface area contributed by atoms with Crippen molar-refractivity contribution in [2.24, 2.45) is 0 Å². The lowest BCUT2D eigenvalue weighted by molar-refractivity contribution is 0.0952. The minimum Gasteiger partial charge on any atom is -0.352 e. The van der Waals surface area contributed by atoms with Crippen LogP contribution in [0.1, 0.15) is 29.3 Å². The van der Waals surface area contributed by atoms with Gasteiger partial charge in [-0.3, -0.25) is 4.79 Å². The van der Waals surface area contributed by atoms with Gasteiger partial charge in [-0.1, -0.05) is 85.8 Å². The Morgan fingerprint density at radius 1 is 0.903 bits per heavy atom. The van der Waals surface area contributed by atoms with E-state index in [1.54, 1.807) is 11.8 Å². The summed E-state index contributed by atoms with van der Waals surface area (Å²) in [5.74, 6) is 0.841. The number of nitrogens with one attached hydrogen (secondary N) is 1. The van der Waals surface area contributed by atoms with Crippen LogP contribution in [0.2, 0.25) is 0 Å². The van der Waals surface area contributed by atoms with Crippen molar-refractivity contribution in [2.45, 2.75) is 24.7 Å². The molecule has 1 heterocycles. The highest BCUT2D eigenvalue weighted by molar-refractivity contribution is 7.99. The Hall–Kier alpha value is -3.11. The Kier molecular flexibility index (Phi) is 7.00. The maximum atomic E-state index is 13.4. The number of hydrogen-bond donors (Lipinski definition) is 1. The summed E-state index contributed by atoms with van der Waals surface area (Å²) in [6.07, 6.45) is 1.85. The number of carbonyl (C=O) groups is 1. The summed E-state index contributed by atoms with van der Waals surface area (Å²) < 4.78 is 0. The first-order valence-corrected chi connectivity index (χ1v) is 11.7. The number of aromatic nitrogens is 1. The molecule has 1 amide bonds. The van der Waals surface area contributed by atoms with E-state index < -0.39 is 0 Å². The van der Waals surface area contributed by atoms with Crippen molar-refractivity contribution >= 4 is 28.6 Å². The van der Waals surface area contributed by atoms with Crippen molar-refractivity contribution in [3.63, 3.8) is 0 Å². The lowest BCUT2D eigenvalue weighted by Crippen LogP contribution is -2.26. The van der Waals surface area contributed by atoms with Gasteiger partial charge in [0.05, 0.1) is 16.8 Å². The molecule has 156 valence electrons. The smallest absolute Gasteiger partial charge is 0.253 e. The minimum absolute atomic E-state index is 0.0280. The summed E-state index contributed by atoms with van der Waals surface area (Å²) in [5.41, 5.74) is 4.77. The number of benzene rings is 3. The molecule has 0 aliphatic rings. The van der Waals surface area contributed by atoms with E-state index in [2.05, 4.69) is 48.6 Å². The zero-order valence-electron chi connectivity index (χ0n) is 17.7. The lowest BCUT2D eigenvalue weighted by Gasteiger charge is -2.16. The third kappa shape index (κ3) is 4.97. The quantitative estimate of drug-likeness (QED) is 0.263. The maximum Gasteiger partial charge on any atom is 0.253 e. The number of thioether (sulfide) groups is 1. The predicted octanol–water partition coefficient (Wildman–Crippen LogP) is 6.38. The Morgan fingerprint density at radius 2 is 1.58 bits per heavy atom. The third-order valence-corrected chi connectivity index (χ3v) is 6.16. The van der Waals surface area contributed by atoms with Crippen LogP contribution >= 0.6 is 11.8 Å². The second-order valence-corrected chi connectivity index (χ2v) is 8.60. The van der Waals surface area contributed by atoms with Gasteiger partial charge in [0.25, 0.3) is 5.91 Å². The SMILES string of the molecule is CCSc1c(-c2ccccc2)nc2ccccc2c1C(=O)NCCCc1ccccc1. The van der Waals surface area contributed by atoms with Gasteiger partial charge in [-0.25, -0.2) is 4.98 Å². The Labute approximate surface area is 187 Å². The number of fused-ring (bicyclic) bond motifs is 1. The number of pyridine rings is 1. The van der Waals surface area contributed by atoms with Crippen molar-refractivity contribution in [3.05, 3.63) is 96.1 Å². The first-order chi connectivity index (χ1) is 15.3. The van der Waals surface area contributed by atoms with E-state index in [0.29, 0.717) is 6.54 Å². The molecule has 31 heavy (non-hydrogen) atoms. The van der Waals surface area contributed by atoms with Crippen molar-refractivity contribution in [3.8, 4) is 11.3 Å². The molecule has 0 saturated heterocycles. The van der Waals surface area contributed by atoms with Crippen LogP contribution in [0.4, 0.5) is 0 Å². The summed E-state index contributed by atoms with van der Waals surface area (Å²) in [6.45, 7) is 2.75. The summed E-state index contributed by atoms with van der Waals surface area (Å²) in [5, 5.41) is 4.06. The summed E-state index contributed by atoms with van der Waals surface area (Å²) >= 11 is 1.68. The molecule has 1 aromatic heterocycles. The number of para-hydroxylation sites is 1. The molecule has 4 rings (SSSR count). The van der Waals surface area contributed by atoms with Crippen LogP contribution in [0.5, 0.6) is 0 Å². The zero-order chi connectivity index (χ0) is 21.5. The first kappa shape index (κ1) is 21.1. The van der Waals surface area contributed by atoms with E-state index in [0.717, 1.165) is 51.2 Å². The molecule has 0 spiro atoms. The fourth-order valence-electron chi connectivity index (χ4n) is 3.72. The van der Waals surface area contributed by atoms with Gasteiger partial charge >= 0.3 is 0 Å². The number of amides is 1. The molecule has 1 N–H and O–H groups in total. The highest BCUT2D eigenvalue weighted by Crippen LogP contribution is 2.37. The molecule has 0 saturated carbocycles. The summed E-state index contributed by atoms with van der Waals surface area (Å²) in [4.78, 5) is 19.3. The molecule has 0 bridgehead atoms. The third-order valence-electron chi connectivity index (χ3n) is 5.18. The van der Waals surface area contributed by atoms with Gasteiger partial charge in [0.1, 0.15) is 0 Å². The van der Waals surface area contributed by atoms with Gasteiger partial charge in [-0.15, -0.1) is 11.8 Å². The highest BCUT2D eigenvalue weighted by Gasteiger charge is 2.21. The zero-order valence-corrected chi connectivity index (χ0v) is 18.5. The molecular formula is C27H26N2OS. The van der Waals surface area contributed by atoms with E-state index in [9.17, 15) is 4.79 Å². The first-order valence-electron chi connectivity index (χ1n) is 10.7. The molecule has 3 aromatic carbocycles. The average molecular weight is 427 g/mol. The minimum atomic E-state index is -0.0280. The fourth-order valence-corrected chi connectivity index (χ4v) is 4.66. The van der Waals surface area contributed by atoms with Crippen LogP contribution < -0.4 is 5.32 Å². The van der Waals surface area contributed by atoms with Crippen LogP contribution in [0.25, 0.3) is 22.2 Å². The predicted molar refractivity (Wildman–Crippen MR) is 131 cm³/mol. The van der Waals surface area contributed by atoms with Crippen LogP contribution in [-0.2, 0) is 6.42 Å². The van der Waals surface area contributed by atoms with Crippen LogP contribution in [-0.4, -0.2) is 23.2 Å². The number of carbonyl (C=O) groups excluding carboxylic acids is 1. The van der Waals surface area contributed by atoms with E-state index in [-0.39, 0.29) is 5.91 Å². The molecule has 0 unspecified atom stereocenters. The lowest BCUT2D eigenvalue weighted by atomic mass is 10.0. The van der Waals surface area contributed by atoms with E-state index >= 15 is 0 Å². The molecule has 0 aliphatic carbocycles. The molecule has 4 aromatic rings. The fraction of sp³-hybridized carbons (Fsp3) is 0.185. The van der Waals surface area contributed by atoms with Gasteiger partial charge in [-0.05, 0) is 30.2 Å². The molecular weight excluding hydrogens is 400 g/mol.